The summed E-state index contributed by atoms with van der Waals surface area (Å²) in [6.45, 7) is 0. The van der Waals surface area contributed by atoms with Crippen molar-refractivity contribution < 1.29 is 34.1 Å². The Morgan fingerprint density at radius 3 is 2.17 bits per heavy atom. The lowest BCUT2D eigenvalue weighted by Crippen LogP contribution is -2.57. The molecule has 3 aromatic rings. The molecule has 0 bridgehead atoms. The van der Waals surface area contributed by atoms with E-state index in [4.69, 9.17) is 4.74 Å². The van der Waals surface area contributed by atoms with Gasteiger partial charge in [-0.25, -0.2) is 4.90 Å². The lowest BCUT2D eigenvalue weighted by molar-refractivity contribution is -0.385. The van der Waals surface area contributed by atoms with Crippen LogP contribution in [0.4, 0.5) is 17.1 Å². The van der Waals surface area contributed by atoms with Crippen molar-refractivity contribution in [2.24, 2.45) is 11.8 Å². The van der Waals surface area contributed by atoms with Gasteiger partial charge >= 0.3 is 5.97 Å². The van der Waals surface area contributed by atoms with E-state index in [0.717, 1.165) is 17.0 Å². The van der Waals surface area contributed by atoms with Gasteiger partial charge in [-0.1, -0.05) is 42.5 Å². The minimum Gasteiger partial charge on any atom is -0.495 e. The zero-order valence-electron chi connectivity index (χ0n) is 20.9. The van der Waals surface area contributed by atoms with E-state index < -0.39 is 56.7 Å². The van der Waals surface area contributed by atoms with Gasteiger partial charge in [0, 0.05) is 36.7 Å². The van der Waals surface area contributed by atoms with Crippen LogP contribution in [0.15, 0.2) is 72.8 Å². The van der Waals surface area contributed by atoms with Crippen LogP contribution in [0.1, 0.15) is 17.2 Å². The van der Waals surface area contributed by atoms with E-state index in [1.807, 2.05) is 0 Å². The molecule has 0 radical (unpaired) electrons. The second-order valence-corrected chi connectivity index (χ2v) is 9.54. The zero-order valence-corrected chi connectivity index (χ0v) is 20.9. The number of nitrogens with one attached hydrogen (secondary N) is 1. The number of hydrogen-bond donors (Lipinski definition) is 2. The minimum absolute atomic E-state index is 0.0103. The van der Waals surface area contributed by atoms with Gasteiger partial charge in [-0.2, -0.15) is 0 Å². The van der Waals surface area contributed by atoms with Crippen molar-refractivity contribution >= 4 is 34.8 Å². The van der Waals surface area contributed by atoms with Gasteiger partial charge in [0.2, 0.25) is 11.8 Å². The number of hydrogen-bond acceptors (Lipinski definition) is 9. The number of carbonyl (C=O) groups excluding carboxylic acids is 2. The number of methoxy groups -OCH3 is 1. The van der Waals surface area contributed by atoms with Gasteiger partial charge in [0.25, 0.3) is 11.4 Å². The summed E-state index contributed by atoms with van der Waals surface area (Å²) in [5, 5.41) is 36.3. The topological polar surface area (TPSA) is 182 Å². The fraction of sp³-hybridized carbons (Fsp3) is 0.222. The molecule has 204 valence electrons. The Morgan fingerprint density at radius 2 is 1.60 bits per heavy atom. The van der Waals surface area contributed by atoms with E-state index in [0.29, 0.717) is 11.1 Å². The van der Waals surface area contributed by atoms with E-state index in [1.54, 1.807) is 30.3 Å². The molecule has 2 aliphatic heterocycles. The van der Waals surface area contributed by atoms with Crippen LogP contribution in [0, 0.1) is 32.1 Å². The number of aliphatic carboxylic acids is 1. The largest absolute Gasteiger partial charge is 0.495 e. The van der Waals surface area contributed by atoms with E-state index in [1.165, 1.54) is 37.4 Å². The van der Waals surface area contributed by atoms with E-state index in [-0.39, 0.29) is 23.5 Å². The predicted octanol–water partition coefficient (Wildman–Crippen LogP) is 3.03. The number of fused-ring (bicyclic) bond motifs is 1. The summed E-state index contributed by atoms with van der Waals surface area (Å²) in [7, 11) is 1.27. The van der Waals surface area contributed by atoms with Crippen molar-refractivity contribution in [1.82, 2.24) is 5.32 Å². The number of nitro groups is 2. The number of benzene rings is 3. The number of carbonyl (C=O) groups is 3. The van der Waals surface area contributed by atoms with Crippen LogP contribution in [0.25, 0.3) is 0 Å². The maximum Gasteiger partial charge on any atom is 0.325 e. The Bertz CT molecular complexity index is 1540. The number of carboxylic acid groups (broad SMARTS) is 1. The zero-order chi connectivity index (χ0) is 28.8. The second kappa shape index (κ2) is 9.85. The third-order valence-corrected chi connectivity index (χ3v) is 7.44. The number of amides is 2. The van der Waals surface area contributed by atoms with Crippen molar-refractivity contribution in [3.8, 4) is 5.75 Å². The van der Waals surface area contributed by atoms with Crippen molar-refractivity contribution in [1.29, 1.82) is 0 Å². The molecule has 5 rings (SSSR count). The minimum atomic E-state index is -1.95. The highest BCUT2D eigenvalue weighted by atomic mass is 16.6. The number of nitro benzene ring substituents is 2. The number of non-ortho nitro benzene ring substituents is 2. The molecule has 13 nitrogen and oxygen atoms in total. The van der Waals surface area contributed by atoms with Gasteiger partial charge in [-0.3, -0.25) is 39.9 Å². The summed E-state index contributed by atoms with van der Waals surface area (Å²) in [4.78, 5) is 63.2. The van der Waals surface area contributed by atoms with Crippen LogP contribution in [-0.2, 0) is 20.8 Å². The molecule has 0 saturated carbocycles. The number of ether oxygens (including phenoxy) is 1. The molecular weight excluding hydrogens is 524 g/mol. The normalized spacial score (nSPS) is 23.6. The lowest BCUT2D eigenvalue weighted by atomic mass is 9.76. The molecule has 0 aliphatic carbocycles. The molecule has 0 aromatic heterocycles. The van der Waals surface area contributed by atoms with Crippen molar-refractivity contribution in [2.45, 2.75) is 18.0 Å². The van der Waals surface area contributed by atoms with E-state index >= 15 is 0 Å². The Morgan fingerprint density at radius 1 is 0.975 bits per heavy atom. The predicted molar refractivity (Wildman–Crippen MR) is 139 cm³/mol. The van der Waals surface area contributed by atoms with Crippen LogP contribution in [0.2, 0.25) is 0 Å². The highest BCUT2D eigenvalue weighted by molar-refractivity contribution is 6.25. The summed E-state index contributed by atoms with van der Waals surface area (Å²) in [5.74, 6) is -5.65. The Hall–Kier alpha value is -5.17. The first kappa shape index (κ1) is 26.4. The number of imide groups is 1. The smallest absolute Gasteiger partial charge is 0.325 e. The van der Waals surface area contributed by atoms with Crippen LogP contribution in [0.5, 0.6) is 5.75 Å². The summed E-state index contributed by atoms with van der Waals surface area (Å²) >= 11 is 0. The van der Waals surface area contributed by atoms with Gasteiger partial charge in [-0.05, 0) is 17.2 Å². The molecule has 3 aromatic carbocycles. The van der Waals surface area contributed by atoms with Crippen molar-refractivity contribution in [2.75, 3.05) is 12.0 Å². The molecule has 0 spiro atoms. The monoisotopic (exact) mass is 546 g/mol. The molecule has 2 heterocycles. The molecule has 40 heavy (non-hydrogen) atoms. The number of carboxylic acids is 1. The first-order valence-corrected chi connectivity index (χ1v) is 12.1. The maximum atomic E-state index is 14.1. The molecule has 0 unspecified atom stereocenters. The highest BCUT2D eigenvalue weighted by Crippen LogP contribution is 2.52. The third-order valence-electron chi connectivity index (χ3n) is 7.44. The van der Waals surface area contributed by atoms with Crippen LogP contribution < -0.4 is 15.0 Å². The summed E-state index contributed by atoms with van der Waals surface area (Å²) in [6, 6.07) is 16.3. The molecular formula is C27H22N4O9. The average Bonchev–Trinajstić information content (AvgIpc) is 3.42. The Labute approximate surface area is 226 Å². The van der Waals surface area contributed by atoms with Crippen molar-refractivity contribution in [3.05, 3.63) is 104 Å². The lowest BCUT2D eigenvalue weighted by Gasteiger charge is -2.31. The summed E-state index contributed by atoms with van der Waals surface area (Å²) in [5.41, 5.74) is -1.77. The average molecular weight is 546 g/mol. The quantitative estimate of drug-likeness (QED) is 0.242. The van der Waals surface area contributed by atoms with Gasteiger partial charge in [0.05, 0.1) is 28.8 Å². The van der Waals surface area contributed by atoms with Gasteiger partial charge in [0.15, 0.2) is 0 Å². The van der Waals surface area contributed by atoms with Crippen LogP contribution in [0.3, 0.4) is 0 Å². The maximum absolute atomic E-state index is 14.1. The molecule has 4 atom stereocenters. The number of nitrogens with zero attached hydrogens (tertiary/aromatic N) is 3. The Balaban J connectivity index is 1.68. The van der Waals surface area contributed by atoms with Gasteiger partial charge in [0.1, 0.15) is 17.0 Å². The van der Waals surface area contributed by atoms with E-state index in [2.05, 4.69) is 5.32 Å². The SMILES string of the molecule is COc1ccc([N+](=O)[O-])cc1N1C(=O)[C@H]2[C@@H](C1=O)[C@](Cc1ccccc1)(C(=O)O)N[C@H]2c1ccc([N+](=O)[O-])cc1. The fourth-order valence-electron chi connectivity index (χ4n) is 5.65. The standard InChI is InChI=1S/C27H22N4O9/c1-40-20-12-11-18(31(38)39)13-19(20)29-24(32)21-22(25(29)33)27(26(34)35,14-15-5-3-2-4-6-15)28-23(21)16-7-9-17(10-8-16)30(36)37/h2-13,21-23,28H,14H2,1H3,(H,34,35)/t21-,22-,23-,27+/m0/s1. The highest BCUT2D eigenvalue weighted by Gasteiger charge is 2.69. The first-order chi connectivity index (χ1) is 19.1. The molecule has 2 saturated heterocycles. The van der Waals surface area contributed by atoms with Crippen LogP contribution >= 0.6 is 0 Å². The van der Waals surface area contributed by atoms with Crippen LogP contribution in [-0.4, -0.2) is 45.4 Å². The molecule has 2 amide bonds. The number of rotatable bonds is 8. The third kappa shape index (κ3) is 4.12. The Kier molecular flexibility index (Phi) is 6.51. The van der Waals surface area contributed by atoms with Gasteiger partial charge in [-0.15, -0.1) is 0 Å². The van der Waals surface area contributed by atoms with Crippen molar-refractivity contribution in [3.63, 3.8) is 0 Å². The number of anilines is 1. The summed E-state index contributed by atoms with van der Waals surface area (Å²) < 4.78 is 5.29. The molecule has 2 aliphatic rings. The van der Waals surface area contributed by atoms with E-state index in [9.17, 15) is 39.7 Å². The summed E-state index contributed by atoms with van der Waals surface area (Å²) in [6.07, 6.45) is -0.160. The fourth-order valence-corrected chi connectivity index (χ4v) is 5.65. The first-order valence-electron chi connectivity index (χ1n) is 12.1. The molecule has 13 heteroatoms. The molecule has 2 fully saturated rings. The second-order valence-electron chi connectivity index (χ2n) is 9.54. The van der Waals surface area contributed by atoms with Gasteiger partial charge < -0.3 is 9.84 Å². The molecule has 2 N–H and O–H groups in total.